The Balaban J connectivity index is 1.85. The topological polar surface area (TPSA) is 64.1 Å². The van der Waals surface area contributed by atoms with E-state index in [9.17, 15) is 4.79 Å². The van der Waals surface area contributed by atoms with Crippen LogP contribution in [0.4, 0.5) is 4.79 Å². The van der Waals surface area contributed by atoms with Crippen molar-refractivity contribution in [1.82, 2.24) is 15.5 Å². The molecule has 5 heteroatoms. The lowest BCUT2D eigenvalue weighted by Crippen LogP contribution is -2.40. The van der Waals surface area contributed by atoms with Gasteiger partial charge in [0.25, 0.3) is 0 Å². The zero-order chi connectivity index (χ0) is 18.1. The summed E-state index contributed by atoms with van der Waals surface area (Å²) in [6.07, 6.45) is 3.37. The lowest BCUT2D eigenvalue weighted by molar-refractivity contribution is 0.151. The van der Waals surface area contributed by atoms with Crippen molar-refractivity contribution >= 4 is 18.2 Å². The number of benzene rings is 1. The minimum Gasteiger partial charge on any atom is -0.436 e. The minimum atomic E-state index is -0.491. The van der Waals surface area contributed by atoms with E-state index in [4.69, 9.17) is 4.74 Å². The molecule has 1 heterocycles. The Morgan fingerprint density at radius 2 is 1.88 bits per heavy atom. The SMILES string of the molecule is CC(C)(C)NC(=O)OCC#Cc1ccc(C=Cc2ccccc2)nn1. The number of hydrogen-bond donors (Lipinski definition) is 1. The van der Waals surface area contributed by atoms with E-state index < -0.39 is 6.09 Å². The van der Waals surface area contributed by atoms with Crippen molar-refractivity contribution in [2.45, 2.75) is 26.3 Å². The van der Waals surface area contributed by atoms with Gasteiger partial charge in [0.05, 0.1) is 5.69 Å². The molecule has 0 atom stereocenters. The van der Waals surface area contributed by atoms with E-state index >= 15 is 0 Å². The second-order valence-electron chi connectivity index (χ2n) is 6.34. The molecule has 0 spiro atoms. The molecule has 0 bridgehead atoms. The van der Waals surface area contributed by atoms with E-state index in [1.807, 2.05) is 69.3 Å². The third kappa shape index (κ3) is 7.32. The number of carbonyl (C=O) groups is 1. The summed E-state index contributed by atoms with van der Waals surface area (Å²) >= 11 is 0. The van der Waals surface area contributed by atoms with Gasteiger partial charge in [0.2, 0.25) is 0 Å². The van der Waals surface area contributed by atoms with E-state index in [0.717, 1.165) is 11.3 Å². The highest BCUT2D eigenvalue weighted by atomic mass is 16.5. The smallest absolute Gasteiger partial charge is 0.408 e. The molecule has 0 aliphatic rings. The summed E-state index contributed by atoms with van der Waals surface area (Å²) in [6, 6.07) is 13.6. The number of alkyl carbamates (subject to hydrolysis) is 1. The maximum Gasteiger partial charge on any atom is 0.408 e. The first-order chi connectivity index (χ1) is 11.9. The average molecular weight is 335 g/mol. The summed E-state index contributed by atoms with van der Waals surface area (Å²) in [7, 11) is 0. The molecule has 25 heavy (non-hydrogen) atoms. The van der Waals surface area contributed by atoms with Gasteiger partial charge in [0, 0.05) is 5.54 Å². The number of carbonyl (C=O) groups excluding carboxylic acids is 1. The summed E-state index contributed by atoms with van der Waals surface area (Å²) in [5.41, 5.74) is 2.03. The first-order valence-corrected chi connectivity index (χ1v) is 7.93. The van der Waals surface area contributed by atoms with Crippen LogP contribution in [0.15, 0.2) is 42.5 Å². The zero-order valence-corrected chi connectivity index (χ0v) is 14.6. The third-order valence-electron chi connectivity index (χ3n) is 2.90. The van der Waals surface area contributed by atoms with Gasteiger partial charge in [-0.1, -0.05) is 42.3 Å². The predicted molar refractivity (Wildman–Crippen MR) is 98.5 cm³/mol. The monoisotopic (exact) mass is 335 g/mol. The summed E-state index contributed by atoms with van der Waals surface area (Å²) in [5.74, 6) is 5.55. The molecule has 0 saturated heterocycles. The van der Waals surface area contributed by atoms with Crippen molar-refractivity contribution in [2.75, 3.05) is 6.61 Å². The van der Waals surface area contributed by atoms with E-state index in [1.54, 1.807) is 6.07 Å². The van der Waals surface area contributed by atoms with Crippen molar-refractivity contribution < 1.29 is 9.53 Å². The fourth-order valence-electron chi connectivity index (χ4n) is 1.81. The van der Waals surface area contributed by atoms with Gasteiger partial charge in [0.15, 0.2) is 6.61 Å². The van der Waals surface area contributed by atoms with E-state index in [1.165, 1.54) is 0 Å². The third-order valence-corrected chi connectivity index (χ3v) is 2.90. The van der Waals surface area contributed by atoms with Gasteiger partial charge in [-0.3, -0.25) is 0 Å². The molecular formula is C20H21N3O2. The largest absolute Gasteiger partial charge is 0.436 e. The quantitative estimate of drug-likeness (QED) is 0.872. The van der Waals surface area contributed by atoms with Crippen LogP contribution in [0.1, 0.15) is 37.7 Å². The Morgan fingerprint density at radius 3 is 2.52 bits per heavy atom. The molecule has 1 aromatic heterocycles. The van der Waals surface area contributed by atoms with Crippen molar-refractivity contribution in [2.24, 2.45) is 0 Å². The van der Waals surface area contributed by atoms with Crippen LogP contribution < -0.4 is 5.32 Å². The van der Waals surface area contributed by atoms with E-state index in [2.05, 4.69) is 27.4 Å². The Labute approximate surface area is 148 Å². The molecule has 0 aliphatic heterocycles. The fraction of sp³-hybridized carbons (Fsp3) is 0.250. The maximum absolute atomic E-state index is 11.5. The molecular weight excluding hydrogens is 314 g/mol. The van der Waals surface area contributed by atoms with Crippen LogP contribution in [-0.2, 0) is 4.74 Å². The van der Waals surface area contributed by atoms with Gasteiger partial charge < -0.3 is 10.1 Å². The number of aromatic nitrogens is 2. The van der Waals surface area contributed by atoms with Crippen molar-refractivity contribution in [3.63, 3.8) is 0 Å². The van der Waals surface area contributed by atoms with Gasteiger partial charge in [-0.15, -0.1) is 10.2 Å². The van der Waals surface area contributed by atoms with Gasteiger partial charge in [-0.05, 0) is 50.5 Å². The highest BCUT2D eigenvalue weighted by molar-refractivity contribution is 5.68. The molecule has 0 unspecified atom stereocenters. The van der Waals surface area contributed by atoms with Crippen molar-refractivity contribution in [1.29, 1.82) is 0 Å². The Bertz CT molecular complexity index is 780. The number of nitrogens with one attached hydrogen (secondary N) is 1. The number of amides is 1. The standard InChI is InChI=1S/C20H21N3O2/c1-20(2,3)21-19(24)25-15-7-10-17-13-14-18(23-22-17)12-11-16-8-5-4-6-9-16/h4-6,8-9,11-14H,15H2,1-3H3,(H,21,24). The molecule has 128 valence electrons. The van der Waals surface area contributed by atoms with E-state index in [0.29, 0.717) is 5.69 Å². The molecule has 2 aromatic rings. The number of hydrogen-bond acceptors (Lipinski definition) is 4. The van der Waals surface area contributed by atoms with Crippen molar-refractivity contribution in [3.05, 3.63) is 59.4 Å². The first-order valence-electron chi connectivity index (χ1n) is 7.93. The van der Waals surface area contributed by atoms with Crippen LogP contribution in [0.2, 0.25) is 0 Å². The van der Waals surface area contributed by atoms with Crippen molar-refractivity contribution in [3.8, 4) is 11.8 Å². The Morgan fingerprint density at radius 1 is 1.12 bits per heavy atom. The van der Waals surface area contributed by atoms with Gasteiger partial charge in [0.1, 0.15) is 5.69 Å². The number of rotatable bonds is 3. The molecule has 5 nitrogen and oxygen atoms in total. The zero-order valence-electron chi connectivity index (χ0n) is 14.6. The summed E-state index contributed by atoms with van der Waals surface area (Å²) < 4.78 is 4.97. The first kappa shape index (κ1) is 18.2. The molecule has 0 radical (unpaired) electrons. The summed E-state index contributed by atoms with van der Waals surface area (Å²) in [5, 5.41) is 10.8. The highest BCUT2D eigenvalue weighted by Gasteiger charge is 2.13. The lowest BCUT2D eigenvalue weighted by atomic mass is 10.1. The Hall–Kier alpha value is -3.13. The van der Waals surface area contributed by atoms with Crippen LogP contribution in [0.25, 0.3) is 12.2 Å². The van der Waals surface area contributed by atoms with Crippen LogP contribution in [0.5, 0.6) is 0 Å². The maximum atomic E-state index is 11.5. The fourth-order valence-corrected chi connectivity index (χ4v) is 1.81. The van der Waals surface area contributed by atoms with Crippen LogP contribution in [0.3, 0.4) is 0 Å². The Kier molecular flexibility index (Phi) is 6.30. The molecule has 1 amide bonds. The molecule has 0 saturated carbocycles. The average Bonchev–Trinajstić information content (AvgIpc) is 2.57. The van der Waals surface area contributed by atoms with Crippen LogP contribution in [0, 0.1) is 11.8 Å². The second kappa shape index (κ2) is 8.65. The molecule has 0 aliphatic carbocycles. The molecule has 1 N–H and O–H groups in total. The van der Waals surface area contributed by atoms with Gasteiger partial charge >= 0.3 is 6.09 Å². The minimum absolute atomic E-state index is 0.000739. The van der Waals surface area contributed by atoms with Gasteiger partial charge in [-0.2, -0.15) is 0 Å². The molecule has 1 aromatic carbocycles. The summed E-state index contributed by atoms with van der Waals surface area (Å²) in [4.78, 5) is 11.5. The van der Waals surface area contributed by atoms with Gasteiger partial charge in [-0.25, -0.2) is 4.79 Å². The lowest BCUT2D eigenvalue weighted by Gasteiger charge is -2.19. The van der Waals surface area contributed by atoms with E-state index in [-0.39, 0.29) is 12.1 Å². The highest BCUT2D eigenvalue weighted by Crippen LogP contribution is 2.05. The number of ether oxygens (including phenoxy) is 1. The molecule has 2 rings (SSSR count). The van der Waals surface area contributed by atoms with Crippen LogP contribution >= 0.6 is 0 Å². The second-order valence-corrected chi connectivity index (χ2v) is 6.34. The summed E-state index contributed by atoms with van der Waals surface area (Å²) in [6.45, 7) is 5.63. The normalized spacial score (nSPS) is 10.8. The molecule has 0 fully saturated rings. The predicted octanol–water partition coefficient (Wildman–Crippen LogP) is 3.52. The van der Waals surface area contributed by atoms with Crippen LogP contribution in [-0.4, -0.2) is 28.4 Å². The number of nitrogens with zero attached hydrogens (tertiary/aromatic N) is 2.